The predicted octanol–water partition coefficient (Wildman–Crippen LogP) is 4.16. The number of benzene rings is 1. The lowest BCUT2D eigenvalue weighted by molar-refractivity contribution is -0.138. The molecule has 0 saturated heterocycles. The molecule has 1 aliphatic heterocycles. The Morgan fingerprint density at radius 2 is 1.86 bits per heavy atom. The van der Waals surface area contributed by atoms with Crippen molar-refractivity contribution < 1.29 is 22.8 Å². The first kappa shape index (κ1) is 29.2. The standard InChI is InChI=1S/C28H25BrF3N7O3/c1-14-9-16(3)39(36-14)27-35-23-13-37(25(41)17-5-7-21(29)20(11-17)28(30,31)32)15(2)10-19(23)26(42)38(27)18-6-8-22(34-12-18)24(40)33-4/h5-9,11-12,15H,10,13H2,1-4H3,(H,33,40). The summed E-state index contributed by atoms with van der Waals surface area (Å²) in [6.45, 7) is 5.22. The summed E-state index contributed by atoms with van der Waals surface area (Å²) in [6.07, 6.45) is -3.14. The van der Waals surface area contributed by atoms with E-state index >= 15 is 0 Å². The summed E-state index contributed by atoms with van der Waals surface area (Å²) in [5, 5.41) is 6.99. The number of amides is 2. The van der Waals surface area contributed by atoms with Crippen molar-refractivity contribution in [2.45, 2.75) is 46.0 Å². The highest BCUT2D eigenvalue weighted by molar-refractivity contribution is 9.10. The van der Waals surface area contributed by atoms with Crippen LogP contribution >= 0.6 is 15.9 Å². The van der Waals surface area contributed by atoms with Gasteiger partial charge in [0.05, 0.1) is 35.4 Å². The van der Waals surface area contributed by atoms with Gasteiger partial charge in [-0.25, -0.2) is 19.2 Å². The van der Waals surface area contributed by atoms with Crippen LogP contribution in [-0.2, 0) is 19.1 Å². The van der Waals surface area contributed by atoms with E-state index in [4.69, 9.17) is 4.98 Å². The van der Waals surface area contributed by atoms with E-state index in [0.29, 0.717) is 28.3 Å². The fourth-order valence-electron chi connectivity index (χ4n) is 4.95. The van der Waals surface area contributed by atoms with Gasteiger partial charge in [-0.05, 0) is 63.6 Å². The van der Waals surface area contributed by atoms with Crippen LogP contribution in [-0.4, -0.2) is 54.1 Å². The van der Waals surface area contributed by atoms with E-state index in [9.17, 15) is 27.6 Å². The SMILES string of the molecule is CNC(=O)c1ccc(-n2c(-n3nc(C)cc3C)nc3c(c2=O)CC(C)N(C(=O)c2ccc(Br)c(C(F)(F)F)c2)C3)cn1. The average Bonchev–Trinajstić information content (AvgIpc) is 3.29. The molecule has 4 heterocycles. The molecular weight excluding hydrogens is 619 g/mol. The maximum atomic E-state index is 14.0. The molecule has 42 heavy (non-hydrogen) atoms. The van der Waals surface area contributed by atoms with Crippen molar-refractivity contribution in [2.75, 3.05) is 7.05 Å². The summed E-state index contributed by atoms with van der Waals surface area (Å²) in [7, 11) is 1.48. The van der Waals surface area contributed by atoms with Gasteiger partial charge in [0, 0.05) is 34.4 Å². The molecule has 1 aromatic carbocycles. The lowest BCUT2D eigenvalue weighted by Gasteiger charge is -2.34. The Hall–Kier alpha value is -4.33. The molecule has 0 fully saturated rings. The Kier molecular flexibility index (Phi) is 7.51. The number of pyridine rings is 1. The number of nitrogens with zero attached hydrogens (tertiary/aromatic N) is 6. The van der Waals surface area contributed by atoms with Gasteiger partial charge >= 0.3 is 6.18 Å². The van der Waals surface area contributed by atoms with Crippen LogP contribution in [0.2, 0.25) is 0 Å². The molecule has 1 N–H and O–H groups in total. The van der Waals surface area contributed by atoms with E-state index in [1.54, 1.807) is 26.8 Å². The van der Waals surface area contributed by atoms with Gasteiger partial charge in [-0.1, -0.05) is 15.9 Å². The number of hydrogen-bond acceptors (Lipinski definition) is 6. The summed E-state index contributed by atoms with van der Waals surface area (Å²) in [6, 6.07) is 7.70. The zero-order valence-electron chi connectivity index (χ0n) is 23.0. The van der Waals surface area contributed by atoms with Crippen molar-refractivity contribution in [3.63, 3.8) is 0 Å². The molecule has 1 aliphatic rings. The molecule has 0 radical (unpaired) electrons. The fraction of sp³-hybridized carbons (Fsp3) is 0.286. The van der Waals surface area contributed by atoms with Gasteiger partial charge in [0.15, 0.2) is 0 Å². The summed E-state index contributed by atoms with van der Waals surface area (Å²) >= 11 is 2.91. The minimum Gasteiger partial charge on any atom is -0.354 e. The maximum Gasteiger partial charge on any atom is 0.417 e. The number of carbonyl (C=O) groups excluding carboxylic acids is 2. The fourth-order valence-corrected chi connectivity index (χ4v) is 5.42. The third kappa shape index (κ3) is 5.22. The highest BCUT2D eigenvalue weighted by Crippen LogP contribution is 2.36. The summed E-state index contributed by atoms with van der Waals surface area (Å²) < 4.78 is 43.2. The van der Waals surface area contributed by atoms with Crippen molar-refractivity contribution in [3.8, 4) is 11.6 Å². The van der Waals surface area contributed by atoms with E-state index in [2.05, 4.69) is 31.3 Å². The molecule has 5 rings (SSSR count). The van der Waals surface area contributed by atoms with Gasteiger partial charge in [0.2, 0.25) is 5.95 Å². The second-order valence-corrected chi connectivity index (χ2v) is 10.8. The van der Waals surface area contributed by atoms with Crippen molar-refractivity contribution in [2.24, 2.45) is 0 Å². The Morgan fingerprint density at radius 3 is 2.45 bits per heavy atom. The molecular formula is C28H25BrF3N7O3. The average molecular weight is 644 g/mol. The molecule has 3 aromatic heterocycles. The van der Waals surface area contributed by atoms with Crippen LogP contribution < -0.4 is 10.9 Å². The van der Waals surface area contributed by atoms with E-state index < -0.39 is 29.2 Å². The van der Waals surface area contributed by atoms with Crippen LogP contribution in [0.5, 0.6) is 0 Å². The van der Waals surface area contributed by atoms with Crippen molar-refractivity contribution in [3.05, 3.63) is 96.9 Å². The highest BCUT2D eigenvalue weighted by Gasteiger charge is 2.36. The van der Waals surface area contributed by atoms with Gasteiger partial charge in [-0.3, -0.25) is 14.4 Å². The number of alkyl halides is 3. The first-order valence-corrected chi connectivity index (χ1v) is 13.6. The summed E-state index contributed by atoms with van der Waals surface area (Å²) in [5.74, 6) is -0.856. The molecule has 1 atom stereocenters. The number of halogens is 4. The molecule has 10 nitrogen and oxygen atoms in total. The van der Waals surface area contributed by atoms with Crippen LogP contribution in [0.1, 0.15) is 56.0 Å². The van der Waals surface area contributed by atoms with Crippen LogP contribution in [0.25, 0.3) is 11.6 Å². The van der Waals surface area contributed by atoms with E-state index in [0.717, 1.165) is 6.07 Å². The molecule has 2 amide bonds. The van der Waals surface area contributed by atoms with Crippen molar-refractivity contribution in [1.29, 1.82) is 0 Å². The van der Waals surface area contributed by atoms with Gasteiger partial charge in [-0.2, -0.15) is 18.3 Å². The first-order chi connectivity index (χ1) is 19.8. The van der Waals surface area contributed by atoms with Crippen LogP contribution in [0.15, 0.2) is 51.9 Å². The Morgan fingerprint density at radius 1 is 1.12 bits per heavy atom. The van der Waals surface area contributed by atoms with Crippen molar-refractivity contribution in [1.82, 2.24) is 34.5 Å². The third-order valence-corrected chi connectivity index (χ3v) is 7.73. The second-order valence-electron chi connectivity index (χ2n) is 9.98. The van der Waals surface area contributed by atoms with Crippen molar-refractivity contribution >= 4 is 27.7 Å². The lowest BCUT2D eigenvalue weighted by Crippen LogP contribution is -2.46. The zero-order chi connectivity index (χ0) is 30.5. The maximum absolute atomic E-state index is 14.0. The normalized spacial score (nSPS) is 15.0. The minimum atomic E-state index is -4.65. The monoisotopic (exact) mass is 643 g/mol. The third-order valence-electron chi connectivity index (χ3n) is 7.04. The second kappa shape index (κ2) is 10.8. The molecule has 0 aliphatic carbocycles. The lowest BCUT2D eigenvalue weighted by atomic mass is 9.98. The molecule has 0 spiro atoms. The topological polar surface area (TPSA) is 115 Å². The van der Waals surface area contributed by atoms with Gasteiger partial charge < -0.3 is 10.2 Å². The quantitative estimate of drug-likeness (QED) is 0.357. The van der Waals surface area contributed by atoms with E-state index in [1.807, 2.05) is 6.07 Å². The number of aromatic nitrogens is 5. The smallest absolute Gasteiger partial charge is 0.354 e. The Labute approximate surface area is 246 Å². The van der Waals surface area contributed by atoms with Gasteiger partial charge in [0.25, 0.3) is 17.4 Å². The first-order valence-electron chi connectivity index (χ1n) is 12.8. The minimum absolute atomic E-state index is 0.0943. The zero-order valence-corrected chi connectivity index (χ0v) is 24.5. The van der Waals surface area contributed by atoms with E-state index in [-0.39, 0.29) is 40.6 Å². The predicted molar refractivity (Wildman–Crippen MR) is 150 cm³/mol. The summed E-state index contributed by atoms with van der Waals surface area (Å²) in [4.78, 5) is 49.9. The molecule has 14 heteroatoms. The molecule has 4 aromatic rings. The molecule has 218 valence electrons. The number of hydrogen-bond donors (Lipinski definition) is 1. The number of nitrogens with one attached hydrogen (secondary N) is 1. The number of fused-ring (bicyclic) bond motifs is 1. The number of carbonyl (C=O) groups is 2. The van der Waals surface area contributed by atoms with Crippen LogP contribution in [0.4, 0.5) is 13.2 Å². The van der Waals surface area contributed by atoms with Gasteiger partial charge in [0.1, 0.15) is 5.69 Å². The molecule has 0 saturated carbocycles. The summed E-state index contributed by atoms with van der Waals surface area (Å²) in [5.41, 5.74) is 1.07. The van der Waals surface area contributed by atoms with Gasteiger partial charge in [-0.15, -0.1) is 0 Å². The van der Waals surface area contributed by atoms with Crippen LogP contribution in [0.3, 0.4) is 0 Å². The molecule has 0 bridgehead atoms. The highest BCUT2D eigenvalue weighted by atomic mass is 79.9. The molecule has 1 unspecified atom stereocenters. The number of aryl methyl sites for hydroxylation is 2. The Balaban J connectivity index is 1.62. The largest absolute Gasteiger partial charge is 0.417 e. The number of rotatable bonds is 4. The van der Waals surface area contributed by atoms with E-state index in [1.165, 1.54) is 45.6 Å². The Bertz CT molecular complexity index is 1780. The van der Waals surface area contributed by atoms with Crippen LogP contribution in [0, 0.1) is 13.8 Å².